The lowest BCUT2D eigenvalue weighted by molar-refractivity contribution is 0.840. The molecule has 19 heavy (non-hydrogen) atoms. The maximum Gasteiger partial charge on any atom is 0.0702 e. The second-order valence-electron chi connectivity index (χ2n) is 4.54. The van der Waals surface area contributed by atoms with Gasteiger partial charge in [0.2, 0.25) is 0 Å². The van der Waals surface area contributed by atoms with E-state index in [4.69, 9.17) is 5.73 Å². The van der Waals surface area contributed by atoms with Crippen LogP contribution in [0.2, 0.25) is 0 Å². The van der Waals surface area contributed by atoms with Crippen molar-refractivity contribution in [2.24, 2.45) is 5.73 Å². The molecule has 0 saturated heterocycles. The van der Waals surface area contributed by atoms with Crippen LogP contribution in [-0.4, -0.2) is 11.1 Å². The number of benzene rings is 1. The molecular weight excluding hydrogens is 320 g/mol. The number of halogens is 1. The zero-order valence-corrected chi connectivity index (χ0v) is 12.9. The minimum atomic E-state index is 0.693. The van der Waals surface area contributed by atoms with Crippen LogP contribution in [0.3, 0.4) is 0 Å². The van der Waals surface area contributed by atoms with Crippen LogP contribution in [0, 0.1) is 0 Å². The number of nitrogens with two attached hydrogens (primary N) is 1. The number of para-hydroxylation sites is 1. The lowest BCUT2D eigenvalue weighted by atomic mass is 10.1. The summed E-state index contributed by atoms with van der Waals surface area (Å²) in [5.74, 6) is 0. The number of hydrogen-bond acceptors (Lipinski definition) is 2. The van der Waals surface area contributed by atoms with Gasteiger partial charge in [0.15, 0.2) is 0 Å². The fraction of sp³-hybridized carbons (Fsp3) is 0.200. The van der Waals surface area contributed by atoms with Gasteiger partial charge in [0.05, 0.1) is 10.3 Å². The predicted molar refractivity (Wildman–Crippen MR) is 85.8 cm³/mol. The Hall–Kier alpha value is -1.10. The van der Waals surface area contributed by atoms with Gasteiger partial charge in [-0.05, 0) is 52.7 Å². The Balaban J connectivity index is 2.03. The molecule has 2 N–H and O–H groups in total. The summed E-state index contributed by atoms with van der Waals surface area (Å²) in [5.41, 5.74) is 8.33. The molecule has 0 saturated carbocycles. The van der Waals surface area contributed by atoms with E-state index in [1.54, 1.807) is 11.3 Å². The van der Waals surface area contributed by atoms with E-state index in [-0.39, 0.29) is 0 Å². The molecule has 0 unspecified atom stereocenters. The third-order valence-corrected chi connectivity index (χ3v) is 4.85. The van der Waals surface area contributed by atoms with Gasteiger partial charge in [-0.15, -0.1) is 11.3 Å². The Morgan fingerprint density at radius 3 is 2.74 bits per heavy atom. The van der Waals surface area contributed by atoms with Gasteiger partial charge in [-0.2, -0.15) is 0 Å². The van der Waals surface area contributed by atoms with Crippen LogP contribution in [0.25, 0.3) is 10.9 Å². The second-order valence-corrected chi connectivity index (χ2v) is 7.09. The minimum Gasteiger partial charge on any atom is -0.342 e. The highest BCUT2D eigenvalue weighted by molar-refractivity contribution is 9.11. The second kappa shape index (κ2) is 5.49. The molecule has 0 bridgehead atoms. The van der Waals surface area contributed by atoms with E-state index in [1.165, 1.54) is 25.1 Å². The van der Waals surface area contributed by atoms with Crippen molar-refractivity contribution in [1.82, 2.24) is 4.57 Å². The number of rotatable bonds is 4. The molecule has 1 aromatic carbocycles. The molecule has 3 rings (SSSR count). The van der Waals surface area contributed by atoms with E-state index in [0.29, 0.717) is 6.54 Å². The van der Waals surface area contributed by atoms with E-state index in [0.717, 1.165) is 13.0 Å². The van der Waals surface area contributed by atoms with Crippen LogP contribution in [0.15, 0.2) is 46.4 Å². The van der Waals surface area contributed by atoms with E-state index < -0.39 is 0 Å². The summed E-state index contributed by atoms with van der Waals surface area (Å²) >= 11 is 5.30. The fourth-order valence-electron chi connectivity index (χ4n) is 2.41. The Bertz CT molecular complexity index is 699. The van der Waals surface area contributed by atoms with E-state index in [1.807, 2.05) is 0 Å². The molecule has 0 amide bonds. The van der Waals surface area contributed by atoms with Crippen LogP contribution in [-0.2, 0) is 13.0 Å². The first kappa shape index (κ1) is 12.9. The first-order chi connectivity index (χ1) is 9.28. The first-order valence-electron chi connectivity index (χ1n) is 6.29. The number of nitrogens with zero attached hydrogens (tertiary/aromatic N) is 1. The normalized spacial score (nSPS) is 11.3. The molecule has 98 valence electrons. The number of aromatic nitrogens is 1. The monoisotopic (exact) mass is 334 g/mol. The molecule has 0 aliphatic rings. The van der Waals surface area contributed by atoms with Crippen molar-refractivity contribution in [3.8, 4) is 0 Å². The predicted octanol–water partition coefficient (Wildman–Crippen LogP) is 4.01. The zero-order valence-electron chi connectivity index (χ0n) is 10.5. The smallest absolute Gasteiger partial charge is 0.0702 e. The maximum atomic E-state index is 5.70. The third kappa shape index (κ3) is 2.61. The summed E-state index contributed by atoms with van der Waals surface area (Å²) in [4.78, 5) is 1.35. The van der Waals surface area contributed by atoms with E-state index in [2.05, 4.69) is 63.1 Å². The summed E-state index contributed by atoms with van der Waals surface area (Å²) < 4.78 is 3.50. The number of thiophene rings is 1. The highest BCUT2D eigenvalue weighted by Crippen LogP contribution is 2.26. The van der Waals surface area contributed by atoms with Gasteiger partial charge in [0, 0.05) is 22.0 Å². The summed E-state index contributed by atoms with van der Waals surface area (Å²) in [6.07, 6.45) is 3.17. The fourth-order valence-corrected chi connectivity index (χ4v) is 3.90. The van der Waals surface area contributed by atoms with E-state index >= 15 is 0 Å². The van der Waals surface area contributed by atoms with Crippen molar-refractivity contribution in [2.75, 3.05) is 6.54 Å². The molecule has 3 aromatic rings. The third-order valence-electron chi connectivity index (χ3n) is 3.24. The standard InChI is InChI=1S/C15H15BrN2S/c16-15-6-5-12(19-15)10-18-9-11(7-8-17)13-3-1-2-4-14(13)18/h1-6,9H,7-8,10,17H2. The van der Waals surface area contributed by atoms with Crippen LogP contribution in [0.5, 0.6) is 0 Å². The lowest BCUT2D eigenvalue weighted by Gasteiger charge is -2.02. The molecule has 2 aromatic heterocycles. The Morgan fingerprint density at radius 1 is 1.16 bits per heavy atom. The average Bonchev–Trinajstić information content (AvgIpc) is 2.97. The molecular formula is C15H15BrN2S. The molecule has 2 nitrogen and oxygen atoms in total. The Labute approximate surface area is 125 Å². The number of hydrogen-bond donors (Lipinski definition) is 1. The quantitative estimate of drug-likeness (QED) is 0.767. The molecule has 4 heteroatoms. The maximum absolute atomic E-state index is 5.70. The molecule has 2 heterocycles. The van der Waals surface area contributed by atoms with Gasteiger partial charge in [-0.25, -0.2) is 0 Å². The largest absolute Gasteiger partial charge is 0.342 e. The molecule has 0 atom stereocenters. The Kier molecular flexibility index (Phi) is 3.73. The van der Waals surface area contributed by atoms with Crippen molar-refractivity contribution >= 4 is 38.2 Å². The SMILES string of the molecule is NCCc1cn(Cc2ccc(Br)s2)c2ccccc12. The highest BCUT2D eigenvalue weighted by atomic mass is 79.9. The lowest BCUT2D eigenvalue weighted by Crippen LogP contribution is -2.02. The van der Waals surface area contributed by atoms with Crippen LogP contribution >= 0.6 is 27.3 Å². The summed E-state index contributed by atoms with van der Waals surface area (Å²) in [7, 11) is 0. The van der Waals surface area contributed by atoms with Crippen LogP contribution < -0.4 is 5.73 Å². The first-order valence-corrected chi connectivity index (χ1v) is 7.90. The van der Waals surface area contributed by atoms with Gasteiger partial charge in [0.25, 0.3) is 0 Å². The van der Waals surface area contributed by atoms with Gasteiger partial charge >= 0.3 is 0 Å². The summed E-state index contributed by atoms with van der Waals surface area (Å²) in [6.45, 7) is 1.61. The van der Waals surface area contributed by atoms with Gasteiger partial charge in [0.1, 0.15) is 0 Å². The number of fused-ring (bicyclic) bond motifs is 1. The molecule has 0 spiro atoms. The topological polar surface area (TPSA) is 30.9 Å². The molecule has 0 aliphatic carbocycles. The summed E-state index contributed by atoms with van der Waals surface area (Å²) in [6, 6.07) is 12.8. The van der Waals surface area contributed by atoms with Crippen LogP contribution in [0.1, 0.15) is 10.4 Å². The van der Waals surface area contributed by atoms with Gasteiger partial charge < -0.3 is 10.3 Å². The minimum absolute atomic E-state index is 0.693. The zero-order chi connectivity index (χ0) is 13.2. The van der Waals surface area contributed by atoms with Gasteiger partial charge in [-0.1, -0.05) is 18.2 Å². The highest BCUT2D eigenvalue weighted by Gasteiger charge is 2.08. The average molecular weight is 335 g/mol. The molecule has 0 aliphatic heterocycles. The molecule has 0 fully saturated rings. The van der Waals surface area contributed by atoms with Crippen molar-refractivity contribution in [2.45, 2.75) is 13.0 Å². The summed E-state index contributed by atoms with van der Waals surface area (Å²) in [5, 5.41) is 1.32. The van der Waals surface area contributed by atoms with Gasteiger partial charge in [-0.3, -0.25) is 0 Å². The van der Waals surface area contributed by atoms with Crippen molar-refractivity contribution < 1.29 is 0 Å². The van der Waals surface area contributed by atoms with Crippen molar-refractivity contribution in [1.29, 1.82) is 0 Å². The molecule has 0 radical (unpaired) electrons. The van der Waals surface area contributed by atoms with Crippen molar-refractivity contribution in [3.05, 3.63) is 56.8 Å². The van der Waals surface area contributed by atoms with E-state index in [9.17, 15) is 0 Å². The Morgan fingerprint density at radius 2 is 2.00 bits per heavy atom. The van der Waals surface area contributed by atoms with Crippen molar-refractivity contribution in [3.63, 3.8) is 0 Å². The van der Waals surface area contributed by atoms with Crippen LogP contribution in [0.4, 0.5) is 0 Å².